The summed E-state index contributed by atoms with van der Waals surface area (Å²) in [5.41, 5.74) is 2.71. The molecule has 2 rings (SSSR count). The monoisotopic (exact) mass is 384 g/mol. The number of aryl methyl sites for hydroxylation is 1. The van der Waals surface area contributed by atoms with Crippen molar-refractivity contribution >= 4 is 56.2 Å². The number of halogens is 2. The molecule has 0 atom stereocenters. The Balaban J connectivity index is 2.08. The summed E-state index contributed by atoms with van der Waals surface area (Å²) in [5, 5.41) is 7.30. The Hall–Kier alpha value is -1.30. The Kier molecular flexibility index (Phi) is 5.45. The summed E-state index contributed by atoms with van der Waals surface area (Å²) in [5.74, 6) is 0.813. The molecule has 6 heteroatoms. The van der Waals surface area contributed by atoms with Gasteiger partial charge in [-0.25, -0.2) is 0 Å². The molecule has 0 aliphatic rings. The maximum Gasteiger partial charge on any atom is 0.175 e. The topological polar surface area (TPSA) is 33.3 Å². The number of hydrogen-bond acceptors (Lipinski definition) is 2. The van der Waals surface area contributed by atoms with E-state index in [9.17, 15) is 0 Å². The number of hydrogen-bond donors (Lipinski definition) is 2. The normalized spacial score (nSPS) is 10.1. The summed E-state index contributed by atoms with van der Waals surface area (Å²) in [6.45, 7) is 1.99. The lowest BCUT2D eigenvalue weighted by molar-refractivity contribution is 0.414. The highest BCUT2D eigenvalue weighted by atomic mass is 79.9. The zero-order valence-electron chi connectivity index (χ0n) is 11.5. The fourth-order valence-corrected chi connectivity index (χ4v) is 2.71. The van der Waals surface area contributed by atoms with E-state index in [1.54, 1.807) is 7.11 Å². The Morgan fingerprint density at radius 1 is 1.14 bits per heavy atom. The molecule has 0 bridgehead atoms. The summed E-state index contributed by atoms with van der Waals surface area (Å²) < 4.78 is 6.10. The second-order valence-corrected chi connectivity index (χ2v) is 6.12. The van der Waals surface area contributed by atoms with E-state index in [1.807, 2.05) is 43.3 Å². The van der Waals surface area contributed by atoms with Crippen LogP contribution in [0.1, 0.15) is 5.56 Å². The Morgan fingerprint density at radius 3 is 2.43 bits per heavy atom. The van der Waals surface area contributed by atoms with Gasteiger partial charge in [0.1, 0.15) is 5.75 Å². The van der Waals surface area contributed by atoms with E-state index in [1.165, 1.54) is 0 Å². The van der Waals surface area contributed by atoms with Crippen molar-refractivity contribution in [2.24, 2.45) is 0 Å². The first kappa shape index (κ1) is 16.1. The van der Waals surface area contributed by atoms with Crippen molar-refractivity contribution in [2.75, 3.05) is 17.7 Å². The van der Waals surface area contributed by atoms with E-state index in [0.29, 0.717) is 10.1 Å². The van der Waals surface area contributed by atoms with Gasteiger partial charge in [-0.05, 0) is 61.1 Å². The van der Waals surface area contributed by atoms with Gasteiger partial charge in [0.05, 0.1) is 17.8 Å². The van der Waals surface area contributed by atoms with Gasteiger partial charge in [-0.1, -0.05) is 27.5 Å². The highest BCUT2D eigenvalue weighted by Gasteiger charge is 2.06. The molecule has 110 valence electrons. The maximum absolute atomic E-state index is 6.15. The van der Waals surface area contributed by atoms with E-state index in [2.05, 4.69) is 26.6 Å². The third-order valence-electron chi connectivity index (χ3n) is 2.86. The Bertz CT molecular complexity index is 679. The summed E-state index contributed by atoms with van der Waals surface area (Å²) >= 11 is 14.8. The van der Waals surface area contributed by atoms with Gasteiger partial charge < -0.3 is 15.4 Å². The molecule has 0 heterocycles. The SMILES string of the molecule is COc1ccc(NC(=S)Nc2ccc(Br)cc2Cl)c(C)c1. The highest BCUT2D eigenvalue weighted by molar-refractivity contribution is 9.10. The van der Waals surface area contributed by atoms with Crippen LogP contribution in [-0.2, 0) is 0 Å². The zero-order chi connectivity index (χ0) is 15.4. The lowest BCUT2D eigenvalue weighted by Crippen LogP contribution is -2.19. The second-order valence-electron chi connectivity index (χ2n) is 4.38. The van der Waals surface area contributed by atoms with Crippen LogP contribution in [0.5, 0.6) is 5.75 Å². The van der Waals surface area contributed by atoms with Gasteiger partial charge in [-0.2, -0.15) is 0 Å². The van der Waals surface area contributed by atoms with Gasteiger partial charge in [0, 0.05) is 10.2 Å². The molecule has 3 nitrogen and oxygen atoms in total. The van der Waals surface area contributed by atoms with Crippen LogP contribution in [0.15, 0.2) is 40.9 Å². The van der Waals surface area contributed by atoms with Crippen LogP contribution >= 0.6 is 39.7 Å². The zero-order valence-corrected chi connectivity index (χ0v) is 14.7. The van der Waals surface area contributed by atoms with Crippen LogP contribution < -0.4 is 15.4 Å². The average Bonchev–Trinajstić information content (AvgIpc) is 2.44. The van der Waals surface area contributed by atoms with E-state index in [-0.39, 0.29) is 0 Å². The number of rotatable bonds is 3. The van der Waals surface area contributed by atoms with Gasteiger partial charge in [-0.15, -0.1) is 0 Å². The average molecular weight is 386 g/mol. The molecule has 2 aromatic rings. The smallest absolute Gasteiger partial charge is 0.175 e. The summed E-state index contributed by atoms with van der Waals surface area (Å²) in [6, 6.07) is 11.3. The van der Waals surface area contributed by atoms with E-state index in [4.69, 9.17) is 28.6 Å². The quantitative estimate of drug-likeness (QED) is 0.709. The van der Waals surface area contributed by atoms with E-state index < -0.39 is 0 Å². The number of anilines is 2. The number of methoxy groups -OCH3 is 1. The number of thiocarbonyl (C=S) groups is 1. The first-order valence-corrected chi connectivity index (χ1v) is 7.75. The van der Waals surface area contributed by atoms with Crippen molar-refractivity contribution in [3.05, 3.63) is 51.5 Å². The molecule has 2 N–H and O–H groups in total. The number of ether oxygens (including phenoxy) is 1. The molecular formula is C15H14BrClN2OS. The minimum atomic E-state index is 0.479. The molecule has 0 unspecified atom stereocenters. The highest BCUT2D eigenvalue weighted by Crippen LogP contribution is 2.26. The third-order valence-corrected chi connectivity index (χ3v) is 3.87. The minimum Gasteiger partial charge on any atom is -0.497 e. The number of nitrogens with one attached hydrogen (secondary N) is 2. The summed E-state index contributed by atoms with van der Waals surface area (Å²) in [7, 11) is 1.64. The first-order chi connectivity index (χ1) is 9.99. The van der Waals surface area contributed by atoms with Crippen molar-refractivity contribution in [3.63, 3.8) is 0 Å². The van der Waals surface area contributed by atoms with Crippen LogP contribution in [0.2, 0.25) is 5.02 Å². The fraction of sp³-hybridized carbons (Fsp3) is 0.133. The van der Waals surface area contributed by atoms with Crippen LogP contribution in [0.25, 0.3) is 0 Å². The predicted molar refractivity (Wildman–Crippen MR) is 96.7 cm³/mol. The van der Waals surface area contributed by atoms with Gasteiger partial charge >= 0.3 is 0 Å². The van der Waals surface area contributed by atoms with Crippen LogP contribution in [-0.4, -0.2) is 12.2 Å². The Labute approximate surface area is 142 Å². The van der Waals surface area contributed by atoms with Crippen molar-refractivity contribution in [1.29, 1.82) is 0 Å². The molecule has 0 radical (unpaired) electrons. The van der Waals surface area contributed by atoms with Gasteiger partial charge in [-0.3, -0.25) is 0 Å². The fourth-order valence-electron chi connectivity index (χ4n) is 1.77. The maximum atomic E-state index is 6.15. The van der Waals surface area contributed by atoms with E-state index in [0.717, 1.165) is 27.2 Å². The van der Waals surface area contributed by atoms with Crippen LogP contribution in [0.3, 0.4) is 0 Å². The molecule has 0 aromatic heterocycles. The first-order valence-electron chi connectivity index (χ1n) is 6.17. The van der Waals surface area contributed by atoms with Gasteiger partial charge in [0.25, 0.3) is 0 Å². The largest absolute Gasteiger partial charge is 0.497 e. The molecule has 0 amide bonds. The van der Waals surface area contributed by atoms with Crippen molar-refractivity contribution in [2.45, 2.75) is 6.92 Å². The van der Waals surface area contributed by atoms with Crippen LogP contribution in [0.4, 0.5) is 11.4 Å². The molecule has 0 aliphatic heterocycles. The lowest BCUT2D eigenvalue weighted by atomic mass is 10.2. The molecule has 0 saturated heterocycles. The minimum absolute atomic E-state index is 0.479. The van der Waals surface area contributed by atoms with Crippen LogP contribution in [0, 0.1) is 6.92 Å². The molecular weight excluding hydrogens is 372 g/mol. The lowest BCUT2D eigenvalue weighted by Gasteiger charge is -2.14. The van der Waals surface area contributed by atoms with Gasteiger partial charge in [0.15, 0.2) is 5.11 Å². The van der Waals surface area contributed by atoms with Gasteiger partial charge in [0.2, 0.25) is 0 Å². The summed E-state index contributed by atoms with van der Waals surface area (Å²) in [4.78, 5) is 0. The number of benzene rings is 2. The molecule has 0 spiro atoms. The predicted octanol–water partition coefficient (Wildman–Crippen LogP) is 5.23. The molecule has 0 fully saturated rings. The molecule has 0 saturated carbocycles. The van der Waals surface area contributed by atoms with Crippen molar-refractivity contribution in [3.8, 4) is 5.75 Å². The molecule has 0 aliphatic carbocycles. The second kappa shape index (κ2) is 7.11. The van der Waals surface area contributed by atoms with Crippen molar-refractivity contribution in [1.82, 2.24) is 0 Å². The van der Waals surface area contributed by atoms with E-state index >= 15 is 0 Å². The Morgan fingerprint density at radius 2 is 1.81 bits per heavy atom. The molecule has 2 aromatic carbocycles. The summed E-state index contributed by atoms with van der Waals surface area (Å²) in [6.07, 6.45) is 0. The standard InChI is InChI=1S/C15H14BrClN2OS/c1-9-7-11(20-2)4-6-13(9)18-15(21)19-14-5-3-10(16)8-12(14)17/h3-8H,1-2H3,(H2,18,19,21). The third kappa shape index (κ3) is 4.33. The molecule has 21 heavy (non-hydrogen) atoms. The van der Waals surface area contributed by atoms with Crippen molar-refractivity contribution < 1.29 is 4.74 Å².